The van der Waals surface area contributed by atoms with Crippen molar-refractivity contribution in [2.24, 2.45) is 4.99 Å². The predicted molar refractivity (Wildman–Crippen MR) is 124 cm³/mol. The molecule has 2 aromatic carbocycles. The first-order chi connectivity index (χ1) is 14.9. The van der Waals surface area contributed by atoms with Crippen LogP contribution in [0.25, 0.3) is 6.08 Å². The summed E-state index contributed by atoms with van der Waals surface area (Å²) in [6, 6.07) is 10.9. The Morgan fingerprint density at radius 2 is 1.94 bits per heavy atom. The van der Waals surface area contributed by atoms with Crippen LogP contribution in [0.15, 0.2) is 53.2 Å². The van der Waals surface area contributed by atoms with Crippen molar-refractivity contribution in [2.75, 3.05) is 11.4 Å². The Hall–Kier alpha value is -2.35. The Morgan fingerprint density at radius 3 is 2.71 bits per heavy atom. The van der Waals surface area contributed by atoms with E-state index in [2.05, 4.69) is 10.3 Å². The van der Waals surface area contributed by atoms with Crippen molar-refractivity contribution in [2.45, 2.75) is 24.5 Å². The Morgan fingerprint density at radius 1 is 1.13 bits per heavy atom. The number of hydrogen-bond donors (Lipinski definition) is 1. The van der Waals surface area contributed by atoms with Crippen LogP contribution >= 0.6 is 35.0 Å². The number of amidine groups is 1. The van der Waals surface area contributed by atoms with Gasteiger partial charge in [-0.05, 0) is 48.7 Å². The van der Waals surface area contributed by atoms with E-state index in [-0.39, 0.29) is 22.5 Å². The molecule has 1 fully saturated rings. The minimum absolute atomic E-state index is 0.0883. The molecular formula is C22H18Cl2FN3O2S. The maximum absolute atomic E-state index is 14.6. The molecule has 0 radical (unpaired) electrons. The van der Waals surface area contributed by atoms with Crippen molar-refractivity contribution >= 4 is 63.7 Å². The summed E-state index contributed by atoms with van der Waals surface area (Å²) in [4.78, 5) is 31.3. The Kier molecular flexibility index (Phi) is 6.65. The third-order valence-corrected chi connectivity index (χ3v) is 6.86. The molecule has 5 nitrogen and oxygen atoms in total. The lowest BCUT2D eigenvalue weighted by molar-refractivity contribution is -0.120. The zero-order valence-electron chi connectivity index (χ0n) is 16.3. The van der Waals surface area contributed by atoms with Crippen LogP contribution in [0.4, 0.5) is 10.1 Å². The zero-order chi connectivity index (χ0) is 22.0. The second kappa shape index (κ2) is 9.42. The van der Waals surface area contributed by atoms with Crippen LogP contribution in [0.2, 0.25) is 10.0 Å². The van der Waals surface area contributed by atoms with Gasteiger partial charge in [0.2, 0.25) is 5.91 Å². The van der Waals surface area contributed by atoms with E-state index in [1.54, 1.807) is 36.4 Å². The predicted octanol–water partition coefficient (Wildman–Crippen LogP) is 5.28. The van der Waals surface area contributed by atoms with Gasteiger partial charge in [0.25, 0.3) is 5.91 Å². The number of halogens is 3. The first-order valence-corrected chi connectivity index (χ1v) is 11.4. The number of anilines is 1. The zero-order valence-corrected chi connectivity index (χ0v) is 18.6. The highest BCUT2D eigenvalue weighted by atomic mass is 35.5. The number of hydrogen-bond acceptors (Lipinski definition) is 4. The van der Waals surface area contributed by atoms with Gasteiger partial charge in [-0.2, -0.15) is 0 Å². The van der Waals surface area contributed by atoms with Crippen molar-refractivity contribution < 1.29 is 14.0 Å². The first kappa shape index (κ1) is 21.9. The summed E-state index contributed by atoms with van der Waals surface area (Å²) < 4.78 is 14.6. The highest BCUT2D eigenvalue weighted by Crippen LogP contribution is 2.34. The SMILES string of the molecule is O=C1NCCCCC1SC1=N/C(=C/c2ccc(Cl)c(Cl)c2)C(=O)N1c1ccccc1F. The molecule has 0 aliphatic carbocycles. The van der Waals surface area contributed by atoms with Gasteiger partial charge in [0.1, 0.15) is 11.5 Å². The lowest BCUT2D eigenvalue weighted by Crippen LogP contribution is -2.36. The molecule has 1 atom stereocenters. The van der Waals surface area contributed by atoms with Gasteiger partial charge in [0.05, 0.1) is 21.0 Å². The minimum atomic E-state index is -0.551. The second-order valence-electron chi connectivity index (χ2n) is 7.08. The second-order valence-corrected chi connectivity index (χ2v) is 9.07. The number of carbonyl (C=O) groups is 2. The molecule has 9 heteroatoms. The van der Waals surface area contributed by atoms with Crippen molar-refractivity contribution in [3.63, 3.8) is 0 Å². The van der Waals surface area contributed by atoms with Crippen LogP contribution < -0.4 is 10.2 Å². The molecule has 1 N–H and O–H groups in total. The maximum Gasteiger partial charge on any atom is 0.283 e. The van der Waals surface area contributed by atoms with Crippen LogP contribution in [0.3, 0.4) is 0 Å². The average molecular weight is 478 g/mol. The molecule has 2 aromatic rings. The summed E-state index contributed by atoms with van der Waals surface area (Å²) in [5, 5.41) is 3.48. The monoisotopic (exact) mass is 477 g/mol. The van der Waals surface area contributed by atoms with Crippen LogP contribution in [-0.4, -0.2) is 28.8 Å². The normalized spacial score (nSPS) is 20.6. The fourth-order valence-corrected chi connectivity index (χ4v) is 4.81. The van der Waals surface area contributed by atoms with Gasteiger partial charge in [0, 0.05) is 6.54 Å². The van der Waals surface area contributed by atoms with Crippen LogP contribution in [0, 0.1) is 5.82 Å². The van der Waals surface area contributed by atoms with E-state index in [9.17, 15) is 14.0 Å². The van der Waals surface area contributed by atoms with E-state index in [0.29, 0.717) is 28.6 Å². The van der Waals surface area contributed by atoms with Crippen molar-refractivity contribution in [3.05, 3.63) is 69.6 Å². The van der Waals surface area contributed by atoms with Crippen LogP contribution in [0.5, 0.6) is 0 Å². The summed E-state index contributed by atoms with van der Waals surface area (Å²) >= 11 is 13.2. The molecule has 2 amide bonds. The molecule has 0 aromatic heterocycles. The lowest BCUT2D eigenvalue weighted by atomic mass is 10.2. The molecule has 0 spiro atoms. The average Bonchev–Trinajstić information content (AvgIpc) is 2.89. The number of rotatable bonds is 3. The van der Waals surface area contributed by atoms with Crippen LogP contribution in [-0.2, 0) is 9.59 Å². The Bertz CT molecular complexity index is 1110. The number of nitrogens with one attached hydrogen (secondary N) is 1. The number of benzene rings is 2. The summed E-state index contributed by atoms with van der Waals surface area (Å²) in [6.07, 6.45) is 4.00. The van der Waals surface area contributed by atoms with E-state index in [1.807, 2.05) is 0 Å². The van der Waals surface area contributed by atoms with Crippen molar-refractivity contribution in [1.29, 1.82) is 0 Å². The van der Waals surface area contributed by atoms with Gasteiger partial charge in [-0.15, -0.1) is 0 Å². The quantitative estimate of drug-likeness (QED) is 0.611. The first-order valence-electron chi connectivity index (χ1n) is 9.73. The molecule has 1 unspecified atom stereocenters. The largest absolute Gasteiger partial charge is 0.355 e. The van der Waals surface area contributed by atoms with E-state index in [1.165, 1.54) is 28.8 Å². The van der Waals surface area contributed by atoms with E-state index < -0.39 is 17.0 Å². The number of aliphatic imine (C=N–C) groups is 1. The number of nitrogens with zero attached hydrogens (tertiary/aromatic N) is 2. The molecule has 160 valence electrons. The molecule has 0 saturated carbocycles. The third kappa shape index (κ3) is 4.79. The summed E-state index contributed by atoms with van der Waals surface area (Å²) in [6.45, 7) is 0.626. The fourth-order valence-electron chi connectivity index (χ4n) is 3.33. The van der Waals surface area contributed by atoms with Gasteiger partial charge < -0.3 is 5.32 Å². The Balaban J connectivity index is 1.72. The van der Waals surface area contributed by atoms with Gasteiger partial charge in [-0.3, -0.25) is 14.5 Å². The molecule has 1 saturated heterocycles. The molecule has 0 bridgehead atoms. The maximum atomic E-state index is 14.6. The molecule has 4 rings (SSSR count). The molecular weight excluding hydrogens is 460 g/mol. The van der Waals surface area contributed by atoms with E-state index >= 15 is 0 Å². The molecule has 31 heavy (non-hydrogen) atoms. The van der Waals surface area contributed by atoms with Gasteiger partial charge in [0.15, 0.2) is 5.17 Å². The smallest absolute Gasteiger partial charge is 0.283 e. The van der Waals surface area contributed by atoms with E-state index in [0.717, 1.165) is 12.8 Å². The summed E-state index contributed by atoms with van der Waals surface area (Å²) in [5.74, 6) is -1.13. The third-order valence-electron chi connectivity index (χ3n) is 4.90. The fraction of sp³-hybridized carbons (Fsp3) is 0.227. The number of carbonyl (C=O) groups excluding carboxylic acids is 2. The number of para-hydroxylation sites is 1. The highest BCUT2D eigenvalue weighted by molar-refractivity contribution is 8.15. The Labute approximate surface area is 193 Å². The van der Waals surface area contributed by atoms with Crippen molar-refractivity contribution in [3.8, 4) is 0 Å². The summed E-state index contributed by atoms with van der Waals surface area (Å²) in [5.41, 5.74) is 0.844. The van der Waals surface area contributed by atoms with Crippen LogP contribution in [0.1, 0.15) is 24.8 Å². The van der Waals surface area contributed by atoms with Gasteiger partial charge in [-0.1, -0.05) is 59.6 Å². The molecule has 2 heterocycles. The van der Waals surface area contributed by atoms with E-state index in [4.69, 9.17) is 23.2 Å². The number of thioether (sulfide) groups is 1. The van der Waals surface area contributed by atoms with Crippen molar-refractivity contribution in [1.82, 2.24) is 5.32 Å². The van der Waals surface area contributed by atoms with Gasteiger partial charge in [-0.25, -0.2) is 9.38 Å². The topological polar surface area (TPSA) is 61.8 Å². The van der Waals surface area contributed by atoms with Gasteiger partial charge >= 0.3 is 0 Å². The standard InChI is InChI=1S/C22H18Cl2FN3O2S/c23-14-9-8-13(11-15(14)24)12-17-21(30)28(18-6-2-1-5-16(18)25)22(27-17)31-19-7-3-4-10-26-20(19)29/h1-2,5-6,8-9,11-12,19H,3-4,7,10H2,(H,26,29)/b17-12+. The lowest BCUT2D eigenvalue weighted by Gasteiger charge is -2.21. The minimum Gasteiger partial charge on any atom is -0.355 e. The molecule has 2 aliphatic heterocycles. The molecule has 2 aliphatic rings. The summed E-state index contributed by atoms with van der Waals surface area (Å²) in [7, 11) is 0. The number of amides is 2. The highest BCUT2D eigenvalue weighted by Gasteiger charge is 2.36.